The second-order valence-corrected chi connectivity index (χ2v) is 4.57. The molecule has 1 aromatic rings. The molecule has 0 unspecified atom stereocenters. The predicted octanol–water partition coefficient (Wildman–Crippen LogP) is 1.55. The van der Waals surface area contributed by atoms with Crippen LogP contribution in [0.5, 0.6) is 11.5 Å². The molecule has 0 atom stereocenters. The third-order valence-corrected chi connectivity index (χ3v) is 2.10. The minimum absolute atomic E-state index is 0.0344. The molecule has 0 aliphatic rings. The molecule has 0 aromatic heterocycles. The molecule has 0 aliphatic heterocycles. The summed E-state index contributed by atoms with van der Waals surface area (Å²) in [6, 6.07) is 3.04. The summed E-state index contributed by atoms with van der Waals surface area (Å²) in [5.41, 5.74) is 0.342. The first-order valence-electron chi connectivity index (χ1n) is 5.13. The van der Waals surface area contributed by atoms with Gasteiger partial charge in [0.15, 0.2) is 0 Å². The van der Waals surface area contributed by atoms with Crippen LogP contribution in [0.1, 0.15) is 31.9 Å². The number of hydrogen-bond donors (Lipinski definition) is 3. The maximum atomic E-state index is 9.52. The highest BCUT2D eigenvalue weighted by Gasteiger charge is 2.18. The van der Waals surface area contributed by atoms with Crippen LogP contribution in [0, 0.1) is 0 Å². The van der Waals surface area contributed by atoms with Crippen LogP contribution >= 0.6 is 0 Å². The topological polar surface area (TPSA) is 69.9 Å². The van der Waals surface area contributed by atoms with Crippen LogP contribution in [0.25, 0.3) is 0 Å². The lowest BCUT2D eigenvalue weighted by molar-refractivity contribution is 0.125. The van der Waals surface area contributed by atoms with Crippen molar-refractivity contribution in [1.82, 2.24) is 0 Å². The Balaban J connectivity index is 3.19. The number of phenols is 1. The lowest BCUT2D eigenvalue weighted by Crippen LogP contribution is -2.24. The average Bonchev–Trinajstić information content (AvgIpc) is 2.18. The molecule has 0 saturated carbocycles. The van der Waals surface area contributed by atoms with Gasteiger partial charge in [0, 0.05) is 11.1 Å². The van der Waals surface area contributed by atoms with E-state index in [9.17, 15) is 10.2 Å². The number of rotatable bonds is 3. The maximum absolute atomic E-state index is 9.52. The SMILES string of the molecule is CC(C)(C)Oc1ccc(O)c(CO)c1CO. The van der Waals surface area contributed by atoms with E-state index in [0.29, 0.717) is 16.9 Å². The van der Waals surface area contributed by atoms with Crippen LogP contribution in [-0.2, 0) is 13.2 Å². The quantitative estimate of drug-likeness (QED) is 0.731. The zero-order chi connectivity index (χ0) is 12.3. The van der Waals surface area contributed by atoms with Gasteiger partial charge < -0.3 is 20.1 Å². The van der Waals surface area contributed by atoms with Crippen molar-refractivity contribution in [2.75, 3.05) is 0 Å². The minimum Gasteiger partial charge on any atom is -0.508 e. The Bertz CT molecular complexity index is 366. The summed E-state index contributed by atoms with van der Waals surface area (Å²) in [5, 5.41) is 27.9. The van der Waals surface area contributed by atoms with E-state index in [4.69, 9.17) is 9.84 Å². The Morgan fingerprint density at radius 1 is 1.06 bits per heavy atom. The van der Waals surface area contributed by atoms with E-state index >= 15 is 0 Å². The zero-order valence-corrected chi connectivity index (χ0v) is 9.82. The standard InChI is InChI=1S/C12H18O4/c1-12(2,3)16-11-5-4-10(15)8(6-13)9(11)7-14/h4-5,13-15H,6-7H2,1-3H3. The molecule has 0 heterocycles. The predicted molar refractivity (Wildman–Crippen MR) is 60.3 cm³/mol. The molecule has 0 aliphatic carbocycles. The number of aliphatic hydroxyl groups excluding tert-OH is 2. The highest BCUT2D eigenvalue weighted by atomic mass is 16.5. The van der Waals surface area contributed by atoms with E-state index in [1.165, 1.54) is 6.07 Å². The molecular formula is C12H18O4. The van der Waals surface area contributed by atoms with Gasteiger partial charge in [0.25, 0.3) is 0 Å². The van der Waals surface area contributed by atoms with Crippen LogP contribution in [-0.4, -0.2) is 20.9 Å². The molecular weight excluding hydrogens is 208 g/mol. The van der Waals surface area contributed by atoms with Crippen LogP contribution in [0.4, 0.5) is 0 Å². The summed E-state index contributed by atoms with van der Waals surface area (Å²) < 4.78 is 5.64. The fourth-order valence-corrected chi connectivity index (χ4v) is 1.43. The van der Waals surface area contributed by atoms with Crippen molar-refractivity contribution in [3.63, 3.8) is 0 Å². The lowest BCUT2D eigenvalue weighted by Gasteiger charge is -2.24. The van der Waals surface area contributed by atoms with Gasteiger partial charge in [-0.3, -0.25) is 0 Å². The van der Waals surface area contributed by atoms with E-state index in [-0.39, 0.29) is 19.0 Å². The molecule has 0 bridgehead atoms. The molecule has 3 N–H and O–H groups in total. The molecule has 0 amide bonds. The first-order valence-corrected chi connectivity index (χ1v) is 5.13. The Hall–Kier alpha value is -1.26. The van der Waals surface area contributed by atoms with Crippen molar-refractivity contribution in [3.05, 3.63) is 23.3 Å². The third-order valence-electron chi connectivity index (χ3n) is 2.10. The van der Waals surface area contributed by atoms with Crippen LogP contribution < -0.4 is 4.74 Å². The third kappa shape index (κ3) is 2.87. The molecule has 1 rings (SSSR count). The van der Waals surface area contributed by atoms with Crippen LogP contribution in [0.2, 0.25) is 0 Å². The number of hydrogen-bond acceptors (Lipinski definition) is 4. The monoisotopic (exact) mass is 226 g/mol. The second kappa shape index (κ2) is 4.72. The summed E-state index contributed by atoms with van der Waals surface area (Å²) in [6.45, 7) is 5.05. The largest absolute Gasteiger partial charge is 0.508 e. The molecule has 90 valence electrons. The molecule has 0 spiro atoms. The highest BCUT2D eigenvalue weighted by molar-refractivity contribution is 5.47. The van der Waals surface area contributed by atoms with Crippen LogP contribution in [0.3, 0.4) is 0 Å². The Morgan fingerprint density at radius 3 is 2.06 bits per heavy atom. The van der Waals surface area contributed by atoms with Gasteiger partial charge in [-0.1, -0.05) is 0 Å². The number of aromatic hydroxyl groups is 1. The molecule has 4 heteroatoms. The summed E-state index contributed by atoms with van der Waals surface area (Å²) in [7, 11) is 0. The Kier molecular flexibility index (Phi) is 3.78. The van der Waals surface area contributed by atoms with Gasteiger partial charge in [0.2, 0.25) is 0 Å². The highest BCUT2D eigenvalue weighted by Crippen LogP contribution is 2.31. The second-order valence-electron chi connectivity index (χ2n) is 4.57. The van der Waals surface area contributed by atoms with Gasteiger partial charge in [-0.2, -0.15) is 0 Å². The lowest BCUT2D eigenvalue weighted by atomic mass is 10.1. The van der Waals surface area contributed by atoms with E-state index in [0.717, 1.165) is 0 Å². The van der Waals surface area contributed by atoms with E-state index < -0.39 is 5.60 Å². The first kappa shape index (κ1) is 12.8. The number of ether oxygens (including phenoxy) is 1. The van der Waals surface area contributed by atoms with Crippen molar-refractivity contribution in [2.24, 2.45) is 0 Å². The van der Waals surface area contributed by atoms with Crippen molar-refractivity contribution in [1.29, 1.82) is 0 Å². The normalized spacial score (nSPS) is 11.6. The van der Waals surface area contributed by atoms with Crippen molar-refractivity contribution < 1.29 is 20.1 Å². The van der Waals surface area contributed by atoms with Crippen molar-refractivity contribution in [3.8, 4) is 11.5 Å². The van der Waals surface area contributed by atoms with Gasteiger partial charge in [0.1, 0.15) is 17.1 Å². The maximum Gasteiger partial charge on any atom is 0.126 e. The molecule has 16 heavy (non-hydrogen) atoms. The molecule has 1 aromatic carbocycles. The van der Waals surface area contributed by atoms with E-state index in [1.807, 2.05) is 20.8 Å². The summed E-state index contributed by atoms with van der Waals surface area (Å²) >= 11 is 0. The fraction of sp³-hybridized carbons (Fsp3) is 0.500. The average molecular weight is 226 g/mol. The first-order chi connectivity index (χ1) is 7.39. The van der Waals surface area contributed by atoms with Gasteiger partial charge >= 0.3 is 0 Å². The zero-order valence-electron chi connectivity index (χ0n) is 9.82. The van der Waals surface area contributed by atoms with Gasteiger partial charge in [-0.25, -0.2) is 0 Å². The fourth-order valence-electron chi connectivity index (χ4n) is 1.43. The molecule has 0 fully saturated rings. The van der Waals surface area contributed by atoms with Gasteiger partial charge in [-0.05, 0) is 32.9 Å². The van der Waals surface area contributed by atoms with Crippen LogP contribution in [0.15, 0.2) is 12.1 Å². The molecule has 0 saturated heterocycles. The smallest absolute Gasteiger partial charge is 0.126 e. The van der Waals surface area contributed by atoms with Crippen molar-refractivity contribution >= 4 is 0 Å². The Morgan fingerprint density at radius 2 is 1.62 bits per heavy atom. The summed E-state index contributed by atoms with van der Waals surface area (Å²) in [4.78, 5) is 0. The summed E-state index contributed by atoms with van der Waals surface area (Å²) in [6.07, 6.45) is 0. The minimum atomic E-state index is -0.395. The number of benzene rings is 1. The Labute approximate surface area is 95.1 Å². The van der Waals surface area contributed by atoms with Gasteiger partial charge in [-0.15, -0.1) is 0 Å². The van der Waals surface area contributed by atoms with Gasteiger partial charge in [0.05, 0.1) is 13.2 Å². The van der Waals surface area contributed by atoms with E-state index in [1.54, 1.807) is 6.07 Å². The molecule has 0 radical (unpaired) electrons. The number of aliphatic hydroxyl groups is 2. The van der Waals surface area contributed by atoms with Crippen molar-refractivity contribution in [2.45, 2.75) is 39.6 Å². The molecule has 4 nitrogen and oxygen atoms in total. The van der Waals surface area contributed by atoms with E-state index in [2.05, 4.69) is 0 Å². The summed E-state index contributed by atoms with van der Waals surface area (Å²) in [5.74, 6) is 0.449.